The maximum atomic E-state index is 13.2. The highest BCUT2D eigenvalue weighted by Gasteiger charge is 2.36. The topological polar surface area (TPSA) is 65.9 Å². The molecule has 1 atom stereocenters. The molecule has 1 aromatic heterocycles. The van der Waals surface area contributed by atoms with Gasteiger partial charge in [-0.05, 0) is 95.0 Å². The van der Waals surface area contributed by atoms with E-state index in [0.29, 0.717) is 11.3 Å². The van der Waals surface area contributed by atoms with Gasteiger partial charge in [-0.25, -0.2) is 9.18 Å². The number of pyridine rings is 1. The fourth-order valence-electron chi connectivity index (χ4n) is 5.74. The quantitative estimate of drug-likeness (QED) is 0.369. The van der Waals surface area contributed by atoms with Gasteiger partial charge in [0.05, 0.1) is 11.3 Å². The normalized spacial score (nSPS) is 18.9. The monoisotopic (exact) mass is 551 g/mol. The van der Waals surface area contributed by atoms with Crippen molar-refractivity contribution in [3.63, 3.8) is 0 Å². The number of aliphatic carboxylic acids is 1. The average Bonchev–Trinajstić information content (AvgIpc) is 2.88. The van der Waals surface area contributed by atoms with E-state index in [-0.39, 0.29) is 11.2 Å². The molecule has 4 rings (SSSR count). The van der Waals surface area contributed by atoms with Crippen LogP contribution in [0.25, 0.3) is 5.57 Å². The number of aromatic nitrogens is 1. The highest BCUT2D eigenvalue weighted by molar-refractivity contribution is 5.85. The van der Waals surface area contributed by atoms with Crippen LogP contribution in [0.15, 0.2) is 36.5 Å². The van der Waals surface area contributed by atoms with E-state index >= 15 is 0 Å². The summed E-state index contributed by atoms with van der Waals surface area (Å²) in [4.78, 5) is 22.2. The molecule has 7 heteroatoms. The van der Waals surface area contributed by atoms with Crippen molar-refractivity contribution in [1.29, 1.82) is 0 Å². The molecule has 3 heterocycles. The molecule has 0 unspecified atom stereocenters. The molecule has 2 aliphatic rings. The number of rotatable bonds is 9. The summed E-state index contributed by atoms with van der Waals surface area (Å²) in [5.41, 5.74) is 5.44. The van der Waals surface area contributed by atoms with Gasteiger partial charge in [0.25, 0.3) is 0 Å². The molecule has 0 radical (unpaired) electrons. The molecule has 0 bridgehead atoms. The number of halogens is 1. The lowest BCUT2D eigenvalue weighted by Gasteiger charge is -2.41. The largest absolute Gasteiger partial charge is 0.479 e. The van der Waals surface area contributed by atoms with Crippen molar-refractivity contribution < 1.29 is 19.0 Å². The van der Waals surface area contributed by atoms with Crippen LogP contribution in [0, 0.1) is 18.2 Å². The molecule has 1 saturated heterocycles. The van der Waals surface area contributed by atoms with E-state index in [2.05, 4.69) is 29.7 Å². The summed E-state index contributed by atoms with van der Waals surface area (Å²) in [6.07, 6.45) is 8.06. The lowest BCUT2D eigenvalue weighted by molar-refractivity contribution is -0.160. The molecule has 1 aromatic carbocycles. The number of ether oxygens (including phenoxy) is 1. The fourth-order valence-corrected chi connectivity index (χ4v) is 5.74. The molecule has 2 aromatic rings. The summed E-state index contributed by atoms with van der Waals surface area (Å²) in [7, 11) is 0. The predicted octanol–water partition coefficient (Wildman–Crippen LogP) is 6.82. The first-order chi connectivity index (χ1) is 18.8. The predicted molar refractivity (Wildman–Crippen MR) is 159 cm³/mol. The van der Waals surface area contributed by atoms with Gasteiger partial charge in [-0.15, -0.1) is 0 Å². The maximum absolute atomic E-state index is 13.2. The lowest BCUT2D eigenvalue weighted by atomic mass is 9.82. The molecule has 0 amide bonds. The van der Waals surface area contributed by atoms with Crippen molar-refractivity contribution in [3.8, 4) is 0 Å². The molecule has 6 nitrogen and oxygen atoms in total. The van der Waals surface area contributed by atoms with Crippen molar-refractivity contribution in [2.75, 3.05) is 37.6 Å². The molecule has 1 N–H and O–H groups in total. The van der Waals surface area contributed by atoms with Crippen LogP contribution >= 0.6 is 0 Å². The van der Waals surface area contributed by atoms with Gasteiger partial charge in [0.15, 0.2) is 6.10 Å². The second kappa shape index (κ2) is 12.4. The number of benzene rings is 1. The lowest BCUT2D eigenvalue weighted by Crippen LogP contribution is -2.39. The second-order valence-electron chi connectivity index (χ2n) is 13.1. The van der Waals surface area contributed by atoms with Crippen molar-refractivity contribution >= 4 is 17.2 Å². The Morgan fingerprint density at radius 1 is 1.15 bits per heavy atom. The molecule has 0 aliphatic carbocycles. The minimum atomic E-state index is -1.09. The van der Waals surface area contributed by atoms with Crippen LogP contribution in [0.4, 0.5) is 10.1 Å². The van der Waals surface area contributed by atoms with Gasteiger partial charge in [0.2, 0.25) is 0 Å². The van der Waals surface area contributed by atoms with E-state index in [1.165, 1.54) is 17.7 Å². The Balaban J connectivity index is 1.60. The van der Waals surface area contributed by atoms with Gasteiger partial charge in [-0.1, -0.05) is 32.1 Å². The fraction of sp³-hybridized carbons (Fsp3) is 0.576. The highest BCUT2D eigenvalue weighted by atomic mass is 19.1. The van der Waals surface area contributed by atoms with Crippen LogP contribution in [0.1, 0.15) is 88.8 Å². The molecular weight excluding hydrogens is 505 g/mol. The Hall–Kier alpha value is -2.77. The number of aryl methyl sites for hydroxylation is 2. The zero-order chi connectivity index (χ0) is 29.1. The van der Waals surface area contributed by atoms with Crippen LogP contribution in [0.5, 0.6) is 0 Å². The first kappa shape index (κ1) is 30.2. The number of carboxylic acids is 1. The van der Waals surface area contributed by atoms with Gasteiger partial charge in [0, 0.05) is 49.2 Å². The van der Waals surface area contributed by atoms with E-state index in [1.807, 2.05) is 46.0 Å². The van der Waals surface area contributed by atoms with Crippen molar-refractivity contribution in [2.45, 2.75) is 85.4 Å². The number of piperidine rings is 1. The molecule has 40 heavy (non-hydrogen) atoms. The zero-order valence-electron chi connectivity index (χ0n) is 25.1. The van der Waals surface area contributed by atoms with Crippen LogP contribution in [-0.2, 0) is 16.0 Å². The van der Waals surface area contributed by atoms with Crippen molar-refractivity contribution in [2.24, 2.45) is 5.41 Å². The first-order valence-electron chi connectivity index (χ1n) is 14.6. The Morgan fingerprint density at radius 3 is 2.40 bits per heavy atom. The van der Waals surface area contributed by atoms with Gasteiger partial charge in [0.1, 0.15) is 5.82 Å². The number of carbonyl (C=O) groups is 1. The summed E-state index contributed by atoms with van der Waals surface area (Å²) in [6, 6.07) is 6.78. The van der Waals surface area contributed by atoms with Crippen LogP contribution in [0.2, 0.25) is 0 Å². The van der Waals surface area contributed by atoms with E-state index < -0.39 is 17.7 Å². The number of nitrogens with zero attached hydrogens (tertiary/aromatic N) is 3. The van der Waals surface area contributed by atoms with Crippen molar-refractivity contribution in [3.05, 3.63) is 64.7 Å². The number of hydrogen-bond donors (Lipinski definition) is 1. The van der Waals surface area contributed by atoms with Gasteiger partial charge in [-0.3, -0.25) is 9.88 Å². The third-order valence-corrected chi connectivity index (χ3v) is 8.17. The molecule has 218 valence electrons. The van der Waals surface area contributed by atoms with Gasteiger partial charge < -0.3 is 14.7 Å². The summed E-state index contributed by atoms with van der Waals surface area (Å²) in [5.74, 6) is -1.18. The number of carboxylic acid groups (broad SMARTS) is 1. The first-order valence-corrected chi connectivity index (χ1v) is 14.6. The third-order valence-electron chi connectivity index (χ3n) is 8.17. The molecule has 0 saturated carbocycles. The number of anilines is 1. The van der Waals surface area contributed by atoms with Gasteiger partial charge in [-0.2, -0.15) is 0 Å². The summed E-state index contributed by atoms with van der Waals surface area (Å²) in [6.45, 7) is 16.7. The van der Waals surface area contributed by atoms with Crippen LogP contribution in [-0.4, -0.2) is 59.3 Å². The molecule has 1 fully saturated rings. The van der Waals surface area contributed by atoms with E-state index in [1.54, 1.807) is 0 Å². The minimum Gasteiger partial charge on any atom is -0.479 e. The minimum absolute atomic E-state index is 0.196. The SMILES string of the molecule is Cc1ncc(C2=CCN(CCCc3ccc(F)cc3)CC2)c(N2CCC(C)(C)CC2)c1[C@H](OC(C)(C)C)C(=O)O. The maximum Gasteiger partial charge on any atom is 0.337 e. The summed E-state index contributed by atoms with van der Waals surface area (Å²) < 4.78 is 19.4. The smallest absolute Gasteiger partial charge is 0.337 e. The Bertz CT molecular complexity index is 1210. The van der Waals surface area contributed by atoms with E-state index in [0.717, 1.165) is 81.6 Å². The molecular formula is C33H46FN3O3. The summed E-state index contributed by atoms with van der Waals surface area (Å²) >= 11 is 0. The van der Waals surface area contributed by atoms with E-state index in [4.69, 9.17) is 9.72 Å². The van der Waals surface area contributed by atoms with Crippen molar-refractivity contribution in [1.82, 2.24) is 9.88 Å². The van der Waals surface area contributed by atoms with E-state index in [9.17, 15) is 14.3 Å². The molecule has 0 spiro atoms. The van der Waals surface area contributed by atoms with Crippen LogP contribution in [0.3, 0.4) is 0 Å². The standard InChI is InChI=1S/C33H46FN3O3/c1-23-28(30(31(38)39)40-32(2,3)4)29(37-20-15-33(5,6)16-21-37)27(22-35-23)25-13-18-36(19-14-25)17-7-8-24-9-11-26(34)12-10-24/h9-13,22,30H,7-8,14-21H2,1-6H3,(H,38,39)/t30-/m0/s1. The Morgan fingerprint density at radius 2 is 1.82 bits per heavy atom. The zero-order valence-corrected chi connectivity index (χ0v) is 25.1. The Kier molecular flexibility index (Phi) is 9.36. The second-order valence-corrected chi connectivity index (χ2v) is 13.1. The number of hydrogen-bond acceptors (Lipinski definition) is 5. The van der Waals surface area contributed by atoms with Gasteiger partial charge >= 0.3 is 5.97 Å². The molecule has 2 aliphatic heterocycles. The Labute approximate surface area is 239 Å². The van der Waals surface area contributed by atoms with Crippen LogP contribution < -0.4 is 4.90 Å². The average molecular weight is 552 g/mol. The highest BCUT2D eigenvalue weighted by Crippen LogP contribution is 2.43. The third kappa shape index (κ3) is 7.70. The summed E-state index contributed by atoms with van der Waals surface area (Å²) in [5, 5.41) is 10.3.